The highest BCUT2D eigenvalue weighted by Gasteiger charge is 2.44. The average Bonchev–Trinajstić information content (AvgIpc) is 1.95. The first-order valence-corrected chi connectivity index (χ1v) is 3.32. The van der Waals surface area contributed by atoms with Gasteiger partial charge in [-0.3, -0.25) is 9.59 Å². The summed E-state index contributed by atoms with van der Waals surface area (Å²) in [5.74, 6) is -0.615. The second-order valence-electron chi connectivity index (χ2n) is 3.04. The molecule has 10 heavy (non-hydrogen) atoms. The van der Waals surface area contributed by atoms with Gasteiger partial charge in [-0.1, -0.05) is 13.8 Å². The molecule has 0 radical (unpaired) electrons. The van der Waals surface area contributed by atoms with E-state index in [9.17, 15) is 9.59 Å². The van der Waals surface area contributed by atoms with Crippen LogP contribution in [0.4, 0.5) is 0 Å². The fourth-order valence-corrected chi connectivity index (χ4v) is 1.19. The average molecular weight is 162 g/mol. The van der Waals surface area contributed by atoms with Crippen LogP contribution in [0.1, 0.15) is 20.3 Å². The number of imide groups is 1. The van der Waals surface area contributed by atoms with E-state index >= 15 is 0 Å². The van der Waals surface area contributed by atoms with E-state index in [0.29, 0.717) is 4.42 Å². The third-order valence-corrected chi connectivity index (χ3v) is 1.91. The van der Waals surface area contributed by atoms with Crippen LogP contribution in [-0.4, -0.2) is 16.2 Å². The predicted molar refractivity (Wildman–Crippen MR) is 36.1 cm³/mol. The van der Waals surface area contributed by atoms with Crippen molar-refractivity contribution in [2.75, 3.05) is 0 Å². The van der Waals surface area contributed by atoms with E-state index in [0.717, 1.165) is 0 Å². The standard InChI is InChI=1S/C6H8ClNO2/c1-6(2)3-4(9)8(7)5(6)10/h3H2,1-2H3. The first kappa shape index (κ1) is 7.54. The van der Waals surface area contributed by atoms with Crippen LogP contribution >= 0.6 is 11.8 Å². The summed E-state index contributed by atoms with van der Waals surface area (Å²) >= 11 is 5.33. The molecule has 0 spiro atoms. The molecule has 0 N–H and O–H groups in total. The molecule has 1 aliphatic rings. The minimum atomic E-state index is -0.598. The molecule has 0 unspecified atom stereocenters. The Bertz CT molecular complexity index is 200. The van der Waals surface area contributed by atoms with Crippen molar-refractivity contribution in [3.8, 4) is 0 Å². The van der Waals surface area contributed by atoms with E-state index in [1.54, 1.807) is 13.8 Å². The Morgan fingerprint density at radius 1 is 1.50 bits per heavy atom. The van der Waals surface area contributed by atoms with E-state index in [1.165, 1.54) is 0 Å². The number of rotatable bonds is 0. The van der Waals surface area contributed by atoms with Crippen molar-refractivity contribution in [1.82, 2.24) is 4.42 Å². The van der Waals surface area contributed by atoms with Gasteiger partial charge in [0, 0.05) is 18.2 Å². The molecule has 1 aliphatic heterocycles. The van der Waals surface area contributed by atoms with Crippen LogP contribution in [0.5, 0.6) is 0 Å². The molecule has 4 heteroatoms. The predicted octanol–water partition coefficient (Wildman–Crippen LogP) is 0.925. The molecule has 1 saturated heterocycles. The van der Waals surface area contributed by atoms with Gasteiger partial charge in [0.25, 0.3) is 0 Å². The number of hydrogen-bond donors (Lipinski definition) is 0. The van der Waals surface area contributed by atoms with E-state index in [4.69, 9.17) is 11.8 Å². The minimum Gasteiger partial charge on any atom is -0.273 e. The summed E-state index contributed by atoms with van der Waals surface area (Å²) in [6.07, 6.45) is 0.218. The van der Waals surface area contributed by atoms with Crippen molar-refractivity contribution < 1.29 is 9.59 Å². The Balaban J connectivity index is 2.92. The number of amides is 2. The lowest BCUT2D eigenvalue weighted by Gasteiger charge is -2.10. The van der Waals surface area contributed by atoms with Crippen LogP contribution in [0, 0.1) is 5.41 Å². The number of nitrogens with zero attached hydrogens (tertiary/aromatic N) is 1. The summed E-state index contributed by atoms with van der Waals surface area (Å²) in [6, 6.07) is 0. The quantitative estimate of drug-likeness (QED) is 0.392. The van der Waals surface area contributed by atoms with Crippen LogP contribution in [0.15, 0.2) is 0 Å². The Morgan fingerprint density at radius 2 is 2.00 bits per heavy atom. The number of halogens is 1. The minimum absolute atomic E-state index is 0.218. The fraction of sp³-hybridized carbons (Fsp3) is 0.667. The van der Waals surface area contributed by atoms with Crippen molar-refractivity contribution in [2.45, 2.75) is 20.3 Å². The summed E-state index contributed by atoms with van der Waals surface area (Å²) in [7, 11) is 0. The van der Waals surface area contributed by atoms with Crippen LogP contribution in [0.25, 0.3) is 0 Å². The molecule has 1 heterocycles. The number of carbonyl (C=O) groups is 2. The maximum Gasteiger partial charge on any atom is 0.250 e. The lowest BCUT2D eigenvalue weighted by Crippen LogP contribution is -2.24. The molecular weight excluding hydrogens is 154 g/mol. The van der Waals surface area contributed by atoms with Gasteiger partial charge in [-0.15, -0.1) is 0 Å². The second-order valence-corrected chi connectivity index (χ2v) is 3.38. The van der Waals surface area contributed by atoms with Crippen molar-refractivity contribution >= 4 is 23.6 Å². The van der Waals surface area contributed by atoms with Gasteiger partial charge in [0.15, 0.2) is 0 Å². The van der Waals surface area contributed by atoms with E-state index in [2.05, 4.69) is 0 Å². The van der Waals surface area contributed by atoms with Gasteiger partial charge >= 0.3 is 0 Å². The molecule has 1 rings (SSSR count). The Hall–Kier alpha value is -0.570. The van der Waals surface area contributed by atoms with Gasteiger partial charge in [0.05, 0.1) is 5.41 Å². The smallest absolute Gasteiger partial charge is 0.250 e. The number of carbonyl (C=O) groups excluding carboxylic acids is 2. The van der Waals surface area contributed by atoms with Crippen molar-refractivity contribution in [2.24, 2.45) is 5.41 Å². The zero-order valence-electron chi connectivity index (χ0n) is 5.85. The van der Waals surface area contributed by atoms with Gasteiger partial charge < -0.3 is 0 Å². The second kappa shape index (κ2) is 1.95. The lowest BCUT2D eigenvalue weighted by molar-refractivity contribution is -0.134. The topological polar surface area (TPSA) is 37.4 Å². The highest BCUT2D eigenvalue weighted by Crippen LogP contribution is 2.32. The Morgan fingerprint density at radius 3 is 2.10 bits per heavy atom. The molecular formula is C6H8ClNO2. The maximum atomic E-state index is 11.0. The highest BCUT2D eigenvalue weighted by molar-refractivity contribution is 6.33. The van der Waals surface area contributed by atoms with Gasteiger partial charge in [0.1, 0.15) is 0 Å². The molecule has 0 bridgehead atoms. The molecule has 0 aromatic rings. The molecule has 56 valence electrons. The molecule has 3 nitrogen and oxygen atoms in total. The zero-order valence-corrected chi connectivity index (χ0v) is 6.60. The molecule has 0 saturated carbocycles. The molecule has 0 atom stereocenters. The molecule has 0 aliphatic carbocycles. The van der Waals surface area contributed by atoms with Crippen LogP contribution in [0.3, 0.4) is 0 Å². The van der Waals surface area contributed by atoms with Crippen molar-refractivity contribution in [3.63, 3.8) is 0 Å². The van der Waals surface area contributed by atoms with Gasteiger partial charge in [-0.2, -0.15) is 4.42 Å². The van der Waals surface area contributed by atoms with E-state index < -0.39 is 5.41 Å². The number of hydrogen-bond acceptors (Lipinski definition) is 2. The van der Waals surface area contributed by atoms with Crippen LogP contribution in [0.2, 0.25) is 0 Å². The zero-order chi connectivity index (χ0) is 7.94. The first-order chi connectivity index (χ1) is 4.45. The molecule has 0 aromatic heterocycles. The summed E-state index contributed by atoms with van der Waals surface area (Å²) in [5, 5.41) is 0. The van der Waals surface area contributed by atoms with Gasteiger partial charge in [-0.05, 0) is 0 Å². The SMILES string of the molecule is CC1(C)CC(=O)N(Cl)C1=O. The van der Waals surface area contributed by atoms with Crippen LogP contribution in [-0.2, 0) is 9.59 Å². The van der Waals surface area contributed by atoms with Crippen molar-refractivity contribution in [1.29, 1.82) is 0 Å². The van der Waals surface area contributed by atoms with Gasteiger partial charge in [-0.25, -0.2) is 0 Å². The third kappa shape index (κ3) is 0.904. The fourth-order valence-electron chi connectivity index (χ4n) is 0.902. The Labute approximate surface area is 64.1 Å². The summed E-state index contributed by atoms with van der Waals surface area (Å²) in [5.41, 5.74) is -0.598. The molecule has 2 amide bonds. The Kier molecular flexibility index (Phi) is 1.47. The summed E-state index contributed by atoms with van der Waals surface area (Å²) in [6.45, 7) is 3.41. The highest BCUT2D eigenvalue weighted by atomic mass is 35.5. The van der Waals surface area contributed by atoms with Crippen LogP contribution < -0.4 is 0 Å². The van der Waals surface area contributed by atoms with Gasteiger partial charge in [0.2, 0.25) is 11.8 Å². The summed E-state index contributed by atoms with van der Waals surface area (Å²) < 4.78 is 0.667. The van der Waals surface area contributed by atoms with Crippen molar-refractivity contribution in [3.05, 3.63) is 0 Å². The van der Waals surface area contributed by atoms with E-state index in [-0.39, 0.29) is 18.2 Å². The maximum absolute atomic E-state index is 11.0. The molecule has 0 aromatic carbocycles. The monoisotopic (exact) mass is 161 g/mol. The van der Waals surface area contributed by atoms with E-state index in [1.807, 2.05) is 0 Å². The lowest BCUT2D eigenvalue weighted by atomic mass is 9.92. The normalized spacial score (nSPS) is 24.1. The molecule has 1 fully saturated rings. The first-order valence-electron chi connectivity index (χ1n) is 2.98. The summed E-state index contributed by atoms with van der Waals surface area (Å²) in [4.78, 5) is 21.8. The third-order valence-electron chi connectivity index (χ3n) is 1.57. The largest absolute Gasteiger partial charge is 0.273 e.